The predicted molar refractivity (Wildman–Crippen MR) is 160 cm³/mol. The average molecular weight is 636 g/mol. The van der Waals surface area contributed by atoms with E-state index in [1.165, 1.54) is 11.3 Å². The van der Waals surface area contributed by atoms with Crippen LogP contribution < -0.4 is 24.4 Å². The molecule has 0 amide bonds. The number of thiazole rings is 1. The number of halogens is 1. The number of hydrogen-bond donors (Lipinski definition) is 0. The van der Waals surface area contributed by atoms with Crippen LogP contribution in [-0.4, -0.2) is 30.2 Å². The maximum atomic E-state index is 14.1. The van der Waals surface area contributed by atoms with Crippen molar-refractivity contribution < 1.29 is 19.0 Å². The number of thioether (sulfide) groups is 1. The second-order valence-electron chi connectivity index (χ2n) is 8.93. The fourth-order valence-corrected chi connectivity index (χ4v) is 6.56. The Bertz CT molecular complexity index is 1830. The van der Waals surface area contributed by atoms with Crippen molar-refractivity contribution in [3.63, 3.8) is 0 Å². The molecule has 6 rings (SSSR count). The number of rotatable bonds is 6. The Morgan fingerprint density at radius 2 is 1.88 bits per heavy atom. The number of nitrogens with zero attached hydrogens (tertiary/aromatic N) is 2. The molecular weight excluding hydrogens is 612 g/mol. The highest BCUT2D eigenvalue weighted by Gasteiger charge is 2.35. The minimum absolute atomic E-state index is 0.154. The van der Waals surface area contributed by atoms with Crippen molar-refractivity contribution in [1.29, 1.82) is 0 Å². The van der Waals surface area contributed by atoms with Crippen molar-refractivity contribution in [2.24, 2.45) is 4.99 Å². The van der Waals surface area contributed by atoms with E-state index in [-0.39, 0.29) is 19.0 Å². The fraction of sp³-hybridized carbons (Fsp3) is 0.167. The van der Waals surface area contributed by atoms with Gasteiger partial charge in [0.25, 0.3) is 5.56 Å². The SMILES string of the molecule is CCOC(=O)C1=C(c2ccccc2)N=c2s/c(=C\c3cc4c(cc3Br)OCO4)c(=O)n2[C@H]1c1ccc(SC)cc1. The van der Waals surface area contributed by atoms with Gasteiger partial charge in [-0.25, -0.2) is 9.79 Å². The van der Waals surface area contributed by atoms with Crippen molar-refractivity contribution in [3.05, 3.63) is 113 Å². The molecule has 3 heterocycles. The Labute approximate surface area is 246 Å². The predicted octanol–water partition coefficient (Wildman–Crippen LogP) is 5.15. The van der Waals surface area contributed by atoms with E-state index in [1.54, 1.807) is 29.3 Å². The minimum atomic E-state index is -0.719. The molecule has 0 unspecified atom stereocenters. The van der Waals surface area contributed by atoms with E-state index in [4.69, 9.17) is 19.2 Å². The van der Waals surface area contributed by atoms with Gasteiger partial charge in [0.15, 0.2) is 16.3 Å². The molecule has 4 aromatic rings. The van der Waals surface area contributed by atoms with E-state index in [2.05, 4.69) is 15.9 Å². The first kappa shape index (κ1) is 26.6. The van der Waals surface area contributed by atoms with Gasteiger partial charge in [-0.2, -0.15) is 0 Å². The smallest absolute Gasteiger partial charge is 0.338 e. The summed E-state index contributed by atoms with van der Waals surface area (Å²) in [6.07, 6.45) is 3.81. The van der Waals surface area contributed by atoms with Crippen LogP contribution in [0.4, 0.5) is 0 Å². The van der Waals surface area contributed by atoms with Gasteiger partial charge in [-0.05, 0) is 54.6 Å². The molecule has 0 saturated heterocycles. The summed E-state index contributed by atoms with van der Waals surface area (Å²) in [4.78, 5) is 34.1. The third-order valence-electron chi connectivity index (χ3n) is 6.58. The highest BCUT2D eigenvalue weighted by molar-refractivity contribution is 9.10. The first-order valence-corrected chi connectivity index (χ1v) is 15.3. The summed E-state index contributed by atoms with van der Waals surface area (Å²) in [5, 5.41) is 0. The maximum absolute atomic E-state index is 14.1. The molecule has 0 radical (unpaired) electrons. The zero-order valence-electron chi connectivity index (χ0n) is 21.5. The molecule has 0 spiro atoms. The number of hydrogen-bond acceptors (Lipinski definition) is 8. The number of carbonyl (C=O) groups excluding carboxylic acids is 1. The lowest BCUT2D eigenvalue weighted by Crippen LogP contribution is -2.40. The second-order valence-corrected chi connectivity index (χ2v) is 11.7. The zero-order valence-corrected chi connectivity index (χ0v) is 24.8. The van der Waals surface area contributed by atoms with Gasteiger partial charge in [-0.15, -0.1) is 11.8 Å². The molecule has 0 saturated carbocycles. The quantitative estimate of drug-likeness (QED) is 0.216. The summed E-state index contributed by atoms with van der Waals surface area (Å²) in [6.45, 7) is 2.12. The van der Waals surface area contributed by atoms with E-state index in [0.29, 0.717) is 32.1 Å². The Morgan fingerprint density at radius 1 is 1.15 bits per heavy atom. The van der Waals surface area contributed by atoms with Crippen molar-refractivity contribution >= 4 is 56.8 Å². The van der Waals surface area contributed by atoms with Gasteiger partial charge in [0.1, 0.15) is 0 Å². The zero-order chi connectivity index (χ0) is 27.8. The van der Waals surface area contributed by atoms with Gasteiger partial charge < -0.3 is 14.2 Å². The molecule has 0 aliphatic carbocycles. The third-order valence-corrected chi connectivity index (χ3v) is 9.00. The molecule has 2 aliphatic heterocycles. The highest BCUT2D eigenvalue weighted by atomic mass is 79.9. The fourth-order valence-electron chi connectivity index (χ4n) is 4.73. The lowest BCUT2D eigenvalue weighted by Gasteiger charge is -2.26. The largest absolute Gasteiger partial charge is 0.463 e. The van der Waals surface area contributed by atoms with E-state index in [9.17, 15) is 9.59 Å². The summed E-state index contributed by atoms with van der Waals surface area (Å²) in [7, 11) is 0. The summed E-state index contributed by atoms with van der Waals surface area (Å²) in [5.41, 5.74) is 2.90. The number of ether oxygens (including phenoxy) is 3. The molecular formula is C30H23BrN2O5S2. The van der Waals surface area contributed by atoms with Crippen molar-refractivity contribution in [2.75, 3.05) is 19.7 Å². The topological polar surface area (TPSA) is 79.1 Å². The summed E-state index contributed by atoms with van der Waals surface area (Å²) in [5.74, 6) is 0.757. The first-order valence-electron chi connectivity index (χ1n) is 12.5. The van der Waals surface area contributed by atoms with Gasteiger partial charge in [0, 0.05) is 14.9 Å². The van der Waals surface area contributed by atoms with Crippen LogP contribution in [0.5, 0.6) is 11.5 Å². The Balaban J connectivity index is 1.62. The Hall–Kier alpha value is -3.60. The molecule has 40 heavy (non-hydrogen) atoms. The van der Waals surface area contributed by atoms with Gasteiger partial charge in [-0.3, -0.25) is 9.36 Å². The van der Waals surface area contributed by atoms with Crippen molar-refractivity contribution in [2.45, 2.75) is 17.9 Å². The van der Waals surface area contributed by atoms with Crippen LogP contribution in [0.1, 0.15) is 29.7 Å². The number of fused-ring (bicyclic) bond motifs is 2. The number of esters is 1. The standard InChI is InChI=1S/C30H23BrN2O5S2/c1-3-36-29(35)25-26(17-7-5-4-6-8-17)32-30-33(27(25)18-9-11-20(39-2)12-10-18)28(34)24(40-30)14-19-13-22-23(15-21(19)31)38-16-37-22/h4-15,27H,3,16H2,1-2H3/b24-14-/t27-/m0/s1. The summed E-state index contributed by atoms with van der Waals surface area (Å²) >= 11 is 6.48. The lowest BCUT2D eigenvalue weighted by atomic mass is 9.93. The molecule has 0 fully saturated rings. The van der Waals surface area contributed by atoms with Crippen LogP contribution in [0.3, 0.4) is 0 Å². The average Bonchev–Trinajstić information content (AvgIpc) is 3.56. The van der Waals surface area contributed by atoms with E-state index >= 15 is 0 Å². The highest BCUT2D eigenvalue weighted by Crippen LogP contribution is 2.38. The van der Waals surface area contributed by atoms with E-state index in [0.717, 1.165) is 26.1 Å². The molecule has 202 valence electrons. The van der Waals surface area contributed by atoms with Crippen LogP contribution in [0, 0.1) is 0 Å². The van der Waals surface area contributed by atoms with Crippen LogP contribution in [0.2, 0.25) is 0 Å². The Morgan fingerprint density at radius 3 is 2.58 bits per heavy atom. The van der Waals surface area contributed by atoms with Crippen LogP contribution in [0.15, 0.2) is 91.5 Å². The molecule has 10 heteroatoms. The minimum Gasteiger partial charge on any atom is -0.463 e. The lowest BCUT2D eigenvalue weighted by molar-refractivity contribution is -0.138. The molecule has 1 atom stereocenters. The molecule has 2 aliphatic rings. The number of aromatic nitrogens is 1. The van der Waals surface area contributed by atoms with Crippen molar-refractivity contribution in [3.8, 4) is 11.5 Å². The number of carbonyl (C=O) groups is 1. The third kappa shape index (κ3) is 4.80. The van der Waals surface area contributed by atoms with Gasteiger partial charge in [-0.1, -0.05) is 69.7 Å². The molecule has 0 N–H and O–H groups in total. The molecule has 0 bridgehead atoms. The van der Waals surface area contributed by atoms with Crippen LogP contribution in [-0.2, 0) is 9.53 Å². The van der Waals surface area contributed by atoms with Gasteiger partial charge in [0.05, 0.1) is 28.5 Å². The van der Waals surface area contributed by atoms with Crippen LogP contribution in [0.25, 0.3) is 11.8 Å². The summed E-state index contributed by atoms with van der Waals surface area (Å²) < 4.78 is 19.4. The normalized spacial score (nSPS) is 16.1. The Kier molecular flexibility index (Phi) is 7.39. The van der Waals surface area contributed by atoms with Crippen LogP contribution >= 0.6 is 39.0 Å². The molecule has 3 aromatic carbocycles. The van der Waals surface area contributed by atoms with Gasteiger partial charge in [0.2, 0.25) is 6.79 Å². The van der Waals surface area contributed by atoms with E-state index < -0.39 is 12.0 Å². The molecule has 1 aromatic heterocycles. The monoisotopic (exact) mass is 634 g/mol. The maximum Gasteiger partial charge on any atom is 0.338 e. The second kappa shape index (κ2) is 11.1. The van der Waals surface area contributed by atoms with Crippen molar-refractivity contribution in [1.82, 2.24) is 4.57 Å². The first-order chi connectivity index (χ1) is 19.5. The molecule has 7 nitrogen and oxygen atoms in total. The van der Waals surface area contributed by atoms with E-state index in [1.807, 2.05) is 73.0 Å². The van der Waals surface area contributed by atoms with Gasteiger partial charge >= 0.3 is 5.97 Å². The summed E-state index contributed by atoms with van der Waals surface area (Å²) in [6, 6.07) is 20.4. The number of benzene rings is 3.